The Bertz CT molecular complexity index is 1610. The fourth-order valence-corrected chi connectivity index (χ4v) is 5.10. The van der Waals surface area contributed by atoms with Crippen molar-refractivity contribution in [1.82, 2.24) is 35.2 Å². The van der Waals surface area contributed by atoms with E-state index in [1.807, 2.05) is 48.9 Å². The first-order valence-electron chi connectivity index (χ1n) is 14.8. The third-order valence-electron chi connectivity index (χ3n) is 7.18. The van der Waals surface area contributed by atoms with E-state index in [4.69, 9.17) is 9.26 Å². The molecule has 44 heavy (non-hydrogen) atoms. The molecule has 0 saturated carbocycles. The molecule has 0 spiro atoms. The van der Waals surface area contributed by atoms with Crippen LogP contribution in [-0.4, -0.2) is 74.6 Å². The number of carbonyl (C=O) groups excluding carboxylic acids is 3. The summed E-state index contributed by atoms with van der Waals surface area (Å²) in [5, 5.41) is 9.77. The van der Waals surface area contributed by atoms with Gasteiger partial charge in [-0.3, -0.25) is 14.4 Å². The molecule has 12 heteroatoms. The highest BCUT2D eigenvalue weighted by Crippen LogP contribution is 2.23. The number of ether oxygens (including phenoxy) is 1. The fraction of sp³-hybridized carbons (Fsp3) is 0.375. The normalized spacial score (nSPS) is 16.7. The van der Waals surface area contributed by atoms with E-state index < -0.39 is 11.9 Å². The van der Waals surface area contributed by atoms with E-state index in [0.717, 1.165) is 11.4 Å². The summed E-state index contributed by atoms with van der Waals surface area (Å²) >= 11 is 0. The van der Waals surface area contributed by atoms with E-state index in [9.17, 15) is 14.4 Å². The molecule has 3 heterocycles. The summed E-state index contributed by atoms with van der Waals surface area (Å²) < 4.78 is 13.1. The minimum absolute atomic E-state index is 0.155. The zero-order valence-electron chi connectivity index (χ0n) is 25.2. The maximum atomic E-state index is 13.8. The Balaban J connectivity index is 1.40. The SMILES string of the molecule is Cc1nc(-c2cccc(C(=O)N3CCCOc4cccc(c4)-c4nccn4CCNC(=O)[C@@H](CC(C)C)NC(=O)C3)c2)no1. The molecular formula is C32H37N7O5. The number of aryl methyl sites for hydroxylation is 1. The maximum Gasteiger partial charge on any atom is 0.254 e. The van der Waals surface area contributed by atoms with Crippen molar-refractivity contribution in [2.24, 2.45) is 5.92 Å². The van der Waals surface area contributed by atoms with Crippen molar-refractivity contribution >= 4 is 17.7 Å². The molecule has 2 aromatic carbocycles. The van der Waals surface area contributed by atoms with Gasteiger partial charge in [0.15, 0.2) is 0 Å². The number of imidazole rings is 1. The van der Waals surface area contributed by atoms with Crippen molar-refractivity contribution in [3.05, 3.63) is 72.4 Å². The number of nitrogens with zero attached hydrogens (tertiary/aromatic N) is 5. The van der Waals surface area contributed by atoms with E-state index in [0.29, 0.717) is 61.1 Å². The Hall–Kier alpha value is -5.00. The third kappa shape index (κ3) is 7.68. The van der Waals surface area contributed by atoms with Crippen molar-refractivity contribution in [3.8, 4) is 28.5 Å². The molecule has 0 unspecified atom stereocenters. The van der Waals surface area contributed by atoms with Crippen LogP contribution in [0.4, 0.5) is 0 Å². The minimum Gasteiger partial charge on any atom is -0.494 e. The van der Waals surface area contributed by atoms with Crippen LogP contribution in [0.2, 0.25) is 0 Å². The topological polar surface area (TPSA) is 144 Å². The van der Waals surface area contributed by atoms with Gasteiger partial charge < -0.3 is 29.4 Å². The van der Waals surface area contributed by atoms with Gasteiger partial charge in [-0.1, -0.05) is 43.3 Å². The Labute approximate surface area is 255 Å². The summed E-state index contributed by atoms with van der Waals surface area (Å²) in [6, 6.07) is 13.8. The van der Waals surface area contributed by atoms with Crippen LogP contribution in [0.25, 0.3) is 22.8 Å². The van der Waals surface area contributed by atoms with E-state index in [1.165, 1.54) is 4.90 Å². The molecule has 12 nitrogen and oxygen atoms in total. The standard InChI is InChI=1S/C32H37N7O5/c1-21(2)17-27-31(41)34-12-15-38-14-11-33-30(38)24-8-5-10-26(19-24)43-16-6-13-39(20-28(40)36-27)32(42)25-9-4-7-23(18-25)29-35-22(3)44-37-29/h4-5,7-11,14,18-19,21,27H,6,12-13,15-17,20H2,1-3H3,(H,34,41)(H,36,40)/t27-/m1/s1. The van der Waals surface area contributed by atoms with E-state index in [2.05, 4.69) is 25.8 Å². The highest BCUT2D eigenvalue weighted by Gasteiger charge is 2.25. The number of carbonyl (C=O) groups is 3. The van der Waals surface area contributed by atoms with Gasteiger partial charge >= 0.3 is 0 Å². The molecule has 1 aliphatic rings. The van der Waals surface area contributed by atoms with Crippen LogP contribution in [0.5, 0.6) is 5.75 Å². The number of nitrogens with one attached hydrogen (secondary N) is 2. The van der Waals surface area contributed by atoms with Gasteiger partial charge in [-0.2, -0.15) is 4.98 Å². The third-order valence-corrected chi connectivity index (χ3v) is 7.18. The summed E-state index contributed by atoms with van der Waals surface area (Å²) in [4.78, 5) is 50.6. The predicted octanol–water partition coefficient (Wildman–Crippen LogP) is 3.48. The van der Waals surface area contributed by atoms with E-state index in [-0.39, 0.29) is 30.8 Å². The highest BCUT2D eigenvalue weighted by atomic mass is 16.5. The molecule has 1 aliphatic heterocycles. The van der Waals surface area contributed by atoms with Gasteiger partial charge in [0.1, 0.15) is 17.6 Å². The second-order valence-corrected chi connectivity index (χ2v) is 11.2. The zero-order chi connectivity index (χ0) is 31.1. The Morgan fingerprint density at radius 1 is 1.09 bits per heavy atom. The van der Waals surface area contributed by atoms with Crippen LogP contribution in [0.1, 0.15) is 42.9 Å². The first kappa shape index (κ1) is 30.5. The van der Waals surface area contributed by atoms with Crippen LogP contribution >= 0.6 is 0 Å². The summed E-state index contributed by atoms with van der Waals surface area (Å²) in [5.74, 6) is 1.33. The number of benzene rings is 2. The van der Waals surface area contributed by atoms with Crippen LogP contribution in [0, 0.1) is 12.8 Å². The molecule has 2 bridgehead atoms. The number of hydrogen-bond donors (Lipinski definition) is 2. The van der Waals surface area contributed by atoms with Crippen LogP contribution < -0.4 is 15.4 Å². The molecule has 0 aliphatic carbocycles. The summed E-state index contributed by atoms with van der Waals surface area (Å²) in [6.07, 6.45) is 4.51. The first-order chi connectivity index (χ1) is 21.3. The molecular weight excluding hydrogens is 562 g/mol. The van der Waals surface area contributed by atoms with Crippen molar-refractivity contribution < 1.29 is 23.6 Å². The number of fused-ring (bicyclic) bond motifs is 4. The Morgan fingerprint density at radius 3 is 2.70 bits per heavy atom. The Morgan fingerprint density at radius 2 is 1.91 bits per heavy atom. The minimum atomic E-state index is -0.745. The predicted molar refractivity (Wildman–Crippen MR) is 163 cm³/mol. The first-order valence-corrected chi connectivity index (χ1v) is 14.8. The molecule has 0 saturated heterocycles. The zero-order valence-corrected chi connectivity index (χ0v) is 25.2. The van der Waals surface area contributed by atoms with Gasteiger partial charge in [-0.15, -0.1) is 0 Å². The second-order valence-electron chi connectivity index (χ2n) is 11.2. The summed E-state index contributed by atoms with van der Waals surface area (Å²) in [6.45, 7) is 6.88. The van der Waals surface area contributed by atoms with Crippen molar-refractivity contribution in [3.63, 3.8) is 0 Å². The van der Waals surface area contributed by atoms with Gasteiger partial charge in [0.2, 0.25) is 23.5 Å². The molecule has 0 fully saturated rings. The van der Waals surface area contributed by atoms with Gasteiger partial charge in [0.05, 0.1) is 13.2 Å². The molecule has 5 rings (SSSR count). The van der Waals surface area contributed by atoms with Gasteiger partial charge in [0.25, 0.3) is 5.91 Å². The van der Waals surface area contributed by atoms with Crippen LogP contribution in [0.3, 0.4) is 0 Å². The Kier molecular flexibility index (Phi) is 9.68. The molecule has 1 atom stereocenters. The molecule has 0 radical (unpaired) electrons. The van der Waals surface area contributed by atoms with E-state index >= 15 is 0 Å². The fourth-order valence-electron chi connectivity index (χ4n) is 5.10. The summed E-state index contributed by atoms with van der Waals surface area (Å²) in [7, 11) is 0. The van der Waals surface area contributed by atoms with Crippen molar-refractivity contribution in [2.75, 3.05) is 26.2 Å². The molecule has 3 amide bonds. The lowest BCUT2D eigenvalue weighted by atomic mass is 10.0. The van der Waals surface area contributed by atoms with E-state index in [1.54, 1.807) is 37.4 Å². The smallest absolute Gasteiger partial charge is 0.254 e. The molecule has 2 aromatic heterocycles. The van der Waals surface area contributed by atoms with Gasteiger partial charge in [0, 0.05) is 55.6 Å². The number of rotatable bonds is 4. The van der Waals surface area contributed by atoms with Crippen molar-refractivity contribution in [1.29, 1.82) is 0 Å². The monoisotopic (exact) mass is 599 g/mol. The lowest BCUT2D eigenvalue weighted by molar-refractivity contribution is -0.129. The largest absolute Gasteiger partial charge is 0.494 e. The number of amides is 3. The van der Waals surface area contributed by atoms with Crippen molar-refractivity contribution in [2.45, 2.75) is 46.2 Å². The highest BCUT2D eigenvalue weighted by molar-refractivity contribution is 5.98. The average Bonchev–Trinajstić information content (AvgIpc) is 3.66. The van der Waals surface area contributed by atoms with Gasteiger partial charge in [-0.25, -0.2) is 4.98 Å². The van der Waals surface area contributed by atoms with Gasteiger partial charge in [-0.05, 0) is 43.0 Å². The lowest BCUT2D eigenvalue weighted by Crippen LogP contribution is -2.51. The molecule has 2 N–H and O–H groups in total. The number of aromatic nitrogens is 4. The summed E-state index contributed by atoms with van der Waals surface area (Å²) in [5.41, 5.74) is 1.88. The lowest BCUT2D eigenvalue weighted by Gasteiger charge is -2.25. The van der Waals surface area contributed by atoms with Crippen LogP contribution in [-0.2, 0) is 16.1 Å². The molecule has 4 aromatic rings. The second kappa shape index (κ2) is 14.0. The molecule has 230 valence electrons. The number of hydrogen-bond acceptors (Lipinski definition) is 8. The average molecular weight is 600 g/mol. The van der Waals surface area contributed by atoms with Crippen LogP contribution in [0.15, 0.2) is 65.4 Å². The quantitative estimate of drug-likeness (QED) is 0.363. The maximum absolute atomic E-state index is 13.8.